The van der Waals surface area contributed by atoms with Crippen LogP contribution in [0.3, 0.4) is 0 Å². The number of nitrogens with zero attached hydrogens (tertiary/aromatic N) is 2. The first-order chi connectivity index (χ1) is 8.06. The van der Waals surface area contributed by atoms with Gasteiger partial charge in [-0.3, -0.25) is 9.78 Å². The molecule has 0 aromatic carbocycles. The summed E-state index contributed by atoms with van der Waals surface area (Å²) in [5.41, 5.74) is 0.928. The second-order valence-electron chi connectivity index (χ2n) is 4.56. The van der Waals surface area contributed by atoms with Crippen LogP contribution >= 0.6 is 0 Å². The van der Waals surface area contributed by atoms with Crippen LogP contribution in [0.4, 0.5) is 0 Å². The SMILES string of the molecule is CC(C)(CNC(=O)CCC#N)c1cccnc1. The van der Waals surface area contributed by atoms with Crippen LogP contribution in [0.2, 0.25) is 0 Å². The van der Waals surface area contributed by atoms with E-state index in [0.717, 1.165) is 5.56 Å². The van der Waals surface area contributed by atoms with E-state index in [2.05, 4.69) is 24.1 Å². The van der Waals surface area contributed by atoms with E-state index in [1.165, 1.54) is 0 Å². The van der Waals surface area contributed by atoms with E-state index < -0.39 is 0 Å². The third kappa shape index (κ3) is 4.23. The van der Waals surface area contributed by atoms with Gasteiger partial charge in [-0.1, -0.05) is 19.9 Å². The van der Waals surface area contributed by atoms with E-state index in [1.54, 1.807) is 12.4 Å². The van der Waals surface area contributed by atoms with Gasteiger partial charge in [0.05, 0.1) is 6.07 Å². The number of hydrogen-bond acceptors (Lipinski definition) is 3. The number of pyridine rings is 1. The van der Waals surface area contributed by atoms with Crippen LogP contribution < -0.4 is 5.32 Å². The average Bonchev–Trinajstić information content (AvgIpc) is 2.35. The Balaban J connectivity index is 2.51. The second kappa shape index (κ2) is 6.00. The summed E-state index contributed by atoms with van der Waals surface area (Å²) in [6.45, 7) is 4.64. The van der Waals surface area contributed by atoms with E-state index in [0.29, 0.717) is 6.54 Å². The molecule has 4 heteroatoms. The number of carbonyl (C=O) groups excluding carboxylic acids is 1. The highest BCUT2D eigenvalue weighted by Gasteiger charge is 2.21. The van der Waals surface area contributed by atoms with Crippen LogP contribution in [0.25, 0.3) is 0 Å². The van der Waals surface area contributed by atoms with Crippen molar-refractivity contribution in [3.63, 3.8) is 0 Å². The largest absolute Gasteiger partial charge is 0.355 e. The quantitative estimate of drug-likeness (QED) is 0.840. The Morgan fingerprint density at radius 3 is 2.94 bits per heavy atom. The molecule has 1 heterocycles. The van der Waals surface area contributed by atoms with Gasteiger partial charge in [0.1, 0.15) is 0 Å². The number of nitrogens with one attached hydrogen (secondary N) is 1. The lowest BCUT2D eigenvalue weighted by Crippen LogP contribution is -2.36. The van der Waals surface area contributed by atoms with Crippen molar-refractivity contribution in [3.8, 4) is 6.07 Å². The summed E-state index contributed by atoms with van der Waals surface area (Å²) in [5, 5.41) is 11.2. The minimum atomic E-state index is -0.156. The lowest BCUT2D eigenvalue weighted by molar-refractivity contribution is -0.121. The molecule has 4 nitrogen and oxygen atoms in total. The maximum absolute atomic E-state index is 11.4. The summed E-state index contributed by atoms with van der Waals surface area (Å²) >= 11 is 0. The number of aromatic nitrogens is 1. The van der Waals surface area contributed by atoms with E-state index in [1.807, 2.05) is 18.2 Å². The zero-order chi connectivity index (χ0) is 12.7. The lowest BCUT2D eigenvalue weighted by Gasteiger charge is -2.25. The predicted molar refractivity (Wildman–Crippen MR) is 65.1 cm³/mol. The average molecular weight is 231 g/mol. The fourth-order valence-electron chi connectivity index (χ4n) is 1.44. The van der Waals surface area contributed by atoms with Crippen molar-refractivity contribution >= 4 is 5.91 Å². The molecule has 0 saturated heterocycles. The molecule has 17 heavy (non-hydrogen) atoms. The standard InChI is InChI=1S/C13H17N3O/c1-13(2,11-5-4-8-15-9-11)10-16-12(17)6-3-7-14/h4-5,8-9H,3,6,10H2,1-2H3,(H,16,17). The van der Waals surface area contributed by atoms with Gasteiger partial charge in [-0.25, -0.2) is 0 Å². The Morgan fingerprint density at radius 1 is 1.59 bits per heavy atom. The number of amides is 1. The van der Waals surface area contributed by atoms with Crippen LogP contribution in [0.1, 0.15) is 32.3 Å². The maximum Gasteiger partial charge on any atom is 0.221 e. The first-order valence-corrected chi connectivity index (χ1v) is 5.60. The van der Waals surface area contributed by atoms with Gasteiger partial charge in [-0.15, -0.1) is 0 Å². The topological polar surface area (TPSA) is 65.8 Å². The van der Waals surface area contributed by atoms with Gasteiger partial charge < -0.3 is 5.32 Å². The van der Waals surface area contributed by atoms with Crippen LogP contribution in [-0.2, 0) is 10.2 Å². The number of nitriles is 1. The Morgan fingerprint density at radius 2 is 2.35 bits per heavy atom. The fourth-order valence-corrected chi connectivity index (χ4v) is 1.44. The van der Waals surface area contributed by atoms with Gasteiger partial charge >= 0.3 is 0 Å². The Hall–Kier alpha value is -1.89. The zero-order valence-electron chi connectivity index (χ0n) is 10.2. The fraction of sp³-hybridized carbons (Fsp3) is 0.462. The van der Waals surface area contributed by atoms with E-state index in [9.17, 15) is 4.79 Å². The minimum absolute atomic E-state index is 0.0801. The second-order valence-corrected chi connectivity index (χ2v) is 4.56. The van der Waals surface area contributed by atoms with Crippen molar-refractivity contribution < 1.29 is 4.79 Å². The van der Waals surface area contributed by atoms with E-state index in [4.69, 9.17) is 5.26 Å². The van der Waals surface area contributed by atoms with Gasteiger partial charge in [0.2, 0.25) is 5.91 Å². The van der Waals surface area contributed by atoms with E-state index in [-0.39, 0.29) is 24.2 Å². The van der Waals surface area contributed by atoms with Crippen LogP contribution in [0.5, 0.6) is 0 Å². The van der Waals surface area contributed by atoms with Crippen LogP contribution in [-0.4, -0.2) is 17.4 Å². The molecule has 0 aliphatic heterocycles. The molecule has 1 aromatic heterocycles. The molecule has 1 N–H and O–H groups in total. The van der Waals surface area contributed by atoms with Crippen molar-refractivity contribution in [1.29, 1.82) is 5.26 Å². The normalized spacial score (nSPS) is 10.6. The monoisotopic (exact) mass is 231 g/mol. The summed E-state index contributed by atoms with van der Waals surface area (Å²) in [6, 6.07) is 5.83. The van der Waals surface area contributed by atoms with Gasteiger partial charge in [0.25, 0.3) is 0 Å². The minimum Gasteiger partial charge on any atom is -0.355 e. The molecule has 0 radical (unpaired) electrons. The first kappa shape index (κ1) is 13.2. The number of carbonyl (C=O) groups is 1. The molecule has 0 fully saturated rings. The number of hydrogen-bond donors (Lipinski definition) is 1. The van der Waals surface area contributed by atoms with E-state index >= 15 is 0 Å². The summed E-state index contributed by atoms with van der Waals surface area (Å²) in [7, 11) is 0. The summed E-state index contributed by atoms with van der Waals surface area (Å²) in [5.74, 6) is -0.0801. The highest BCUT2D eigenvalue weighted by molar-refractivity contribution is 5.76. The van der Waals surface area contributed by atoms with Crippen LogP contribution in [0, 0.1) is 11.3 Å². The zero-order valence-corrected chi connectivity index (χ0v) is 10.2. The van der Waals surface area contributed by atoms with Gasteiger partial charge in [0.15, 0.2) is 0 Å². The van der Waals surface area contributed by atoms with Crippen molar-refractivity contribution in [1.82, 2.24) is 10.3 Å². The van der Waals surface area contributed by atoms with Gasteiger partial charge in [-0.05, 0) is 11.6 Å². The molecule has 1 rings (SSSR count). The Bertz CT molecular complexity index is 406. The third-order valence-electron chi connectivity index (χ3n) is 2.63. The van der Waals surface area contributed by atoms with Crippen molar-refractivity contribution in [2.45, 2.75) is 32.1 Å². The summed E-state index contributed by atoms with van der Waals surface area (Å²) in [4.78, 5) is 15.5. The highest BCUT2D eigenvalue weighted by atomic mass is 16.1. The molecule has 1 amide bonds. The molecule has 0 saturated carbocycles. The molecule has 0 aliphatic carbocycles. The smallest absolute Gasteiger partial charge is 0.221 e. The first-order valence-electron chi connectivity index (χ1n) is 5.60. The molecule has 0 bridgehead atoms. The van der Waals surface area contributed by atoms with Crippen molar-refractivity contribution in [2.24, 2.45) is 0 Å². The number of rotatable bonds is 5. The van der Waals surface area contributed by atoms with Crippen molar-refractivity contribution in [3.05, 3.63) is 30.1 Å². The van der Waals surface area contributed by atoms with Crippen molar-refractivity contribution in [2.75, 3.05) is 6.54 Å². The lowest BCUT2D eigenvalue weighted by atomic mass is 9.85. The summed E-state index contributed by atoms with van der Waals surface area (Å²) in [6.07, 6.45) is 4.06. The molecule has 90 valence electrons. The predicted octanol–water partition coefficient (Wildman–Crippen LogP) is 1.78. The Kier molecular flexibility index (Phi) is 4.65. The van der Waals surface area contributed by atoms with Gasteiger partial charge in [0, 0.05) is 37.2 Å². The molecular formula is C13H17N3O. The maximum atomic E-state index is 11.4. The summed E-state index contributed by atoms with van der Waals surface area (Å²) < 4.78 is 0. The molecule has 1 aromatic rings. The Labute approximate surface area is 102 Å². The molecule has 0 aliphatic rings. The van der Waals surface area contributed by atoms with Crippen LogP contribution in [0.15, 0.2) is 24.5 Å². The molecule has 0 unspecified atom stereocenters. The highest BCUT2D eigenvalue weighted by Crippen LogP contribution is 2.20. The molecule has 0 spiro atoms. The molecular weight excluding hydrogens is 214 g/mol. The van der Waals surface area contributed by atoms with Gasteiger partial charge in [-0.2, -0.15) is 5.26 Å². The third-order valence-corrected chi connectivity index (χ3v) is 2.63. The molecule has 0 atom stereocenters.